The first-order valence-corrected chi connectivity index (χ1v) is 22.9. The molecule has 1 spiro atoms. The van der Waals surface area contributed by atoms with Crippen LogP contribution in [0.25, 0.3) is 44.2 Å². The molecule has 5 aromatic rings. The lowest BCUT2D eigenvalue weighted by atomic mass is 9.91. The summed E-state index contributed by atoms with van der Waals surface area (Å²) in [4.78, 5) is 65.8. The Morgan fingerprint density at radius 3 is 2.08 bits per heavy atom. The Morgan fingerprint density at radius 1 is 0.859 bits per heavy atom. The van der Waals surface area contributed by atoms with E-state index in [1.807, 2.05) is 24.9 Å². The molecule has 4 amide bonds. The van der Waals surface area contributed by atoms with Gasteiger partial charge in [-0.3, -0.25) is 14.4 Å². The number of primary amides is 2. The molecule has 64 heavy (non-hydrogen) atoms. The molecule has 0 radical (unpaired) electrons. The summed E-state index contributed by atoms with van der Waals surface area (Å²) in [7, 11) is 4.47. The number of nitrogens with one attached hydrogen (secondary N) is 2. The molecule has 2 atom stereocenters. The maximum atomic E-state index is 13.3. The molecular weight excluding hydrogens is 809 g/mol. The minimum absolute atomic E-state index is 0.0179. The van der Waals surface area contributed by atoms with Crippen molar-refractivity contribution in [3.63, 3.8) is 0 Å². The van der Waals surface area contributed by atoms with Gasteiger partial charge in [0.1, 0.15) is 11.6 Å². The van der Waals surface area contributed by atoms with Gasteiger partial charge in [-0.15, -0.1) is 0 Å². The van der Waals surface area contributed by atoms with Crippen LogP contribution in [0.3, 0.4) is 0 Å². The van der Waals surface area contributed by atoms with E-state index >= 15 is 0 Å². The summed E-state index contributed by atoms with van der Waals surface area (Å²) < 4.78 is 8.14. The number of nitrogens with zero attached hydrogens (tertiary/aromatic N) is 4. The van der Waals surface area contributed by atoms with Crippen LogP contribution in [0, 0.1) is 17.3 Å². The smallest absolute Gasteiger partial charge is 0.404 e. The van der Waals surface area contributed by atoms with Crippen LogP contribution in [0.15, 0.2) is 48.7 Å². The van der Waals surface area contributed by atoms with Crippen LogP contribution in [0.1, 0.15) is 128 Å². The number of ether oxygens (including phenoxy) is 2. The SMILES string of the molecule is CC.CC(C)CC(=O)N1CC2(CC2)CC1c1ncc(-c2ccc(-c3ccc4c(ccc5[nH]c(C6CCCN6C(=O)CC(C)C)nc54)c3)c3c2CCC3)[nH]1.COC.COC(N)=O.NC=O. The third-order valence-corrected chi connectivity index (χ3v) is 12.3. The monoisotopic (exact) mass is 879 g/mol. The molecule has 2 saturated heterocycles. The number of amides is 4. The summed E-state index contributed by atoms with van der Waals surface area (Å²) in [6.45, 7) is 14.1. The Balaban J connectivity index is 0.000000531. The number of aromatic amines is 2. The molecule has 346 valence electrons. The van der Waals surface area contributed by atoms with E-state index < -0.39 is 6.09 Å². The molecule has 1 saturated carbocycles. The highest BCUT2D eigenvalue weighted by atomic mass is 16.5. The number of methoxy groups -OCH3 is 2. The molecule has 3 fully saturated rings. The lowest BCUT2D eigenvalue weighted by Crippen LogP contribution is -2.32. The van der Waals surface area contributed by atoms with Crippen molar-refractivity contribution in [2.75, 3.05) is 34.4 Å². The van der Waals surface area contributed by atoms with E-state index in [2.05, 4.69) is 106 Å². The average Bonchev–Trinajstić information content (AvgIpc) is 3.93. The summed E-state index contributed by atoms with van der Waals surface area (Å²) in [5.74, 6) is 3.03. The molecule has 4 heterocycles. The lowest BCUT2D eigenvalue weighted by Gasteiger charge is -2.24. The van der Waals surface area contributed by atoms with Crippen molar-refractivity contribution in [2.45, 2.75) is 118 Å². The van der Waals surface area contributed by atoms with Gasteiger partial charge in [-0.05, 0) is 108 Å². The molecule has 14 nitrogen and oxygen atoms in total. The van der Waals surface area contributed by atoms with Gasteiger partial charge in [0.25, 0.3) is 0 Å². The molecule has 0 bridgehead atoms. The highest BCUT2D eigenvalue weighted by Gasteiger charge is 2.54. The van der Waals surface area contributed by atoms with Crippen molar-refractivity contribution in [3.8, 4) is 22.4 Å². The molecule has 14 heteroatoms. The summed E-state index contributed by atoms with van der Waals surface area (Å²) in [6, 6.07) is 15.8. The predicted octanol–water partition coefficient (Wildman–Crippen LogP) is 9.17. The van der Waals surface area contributed by atoms with Crippen LogP contribution >= 0.6 is 0 Å². The number of carbonyl (C=O) groups excluding carboxylic acids is 4. The van der Waals surface area contributed by atoms with Gasteiger partial charge in [0.15, 0.2) is 0 Å². The van der Waals surface area contributed by atoms with Gasteiger partial charge in [0.2, 0.25) is 18.2 Å². The Labute approximate surface area is 378 Å². The first-order valence-electron chi connectivity index (χ1n) is 22.9. The van der Waals surface area contributed by atoms with Crippen molar-refractivity contribution in [1.29, 1.82) is 0 Å². The molecule has 2 aromatic heterocycles. The van der Waals surface area contributed by atoms with E-state index in [0.29, 0.717) is 30.1 Å². The van der Waals surface area contributed by atoms with Crippen LogP contribution in [-0.2, 0) is 36.7 Å². The Bertz CT molecular complexity index is 2380. The van der Waals surface area contributed by atoms with Gasteiger partial charge in [-0.1, -0.05) is 71.9 Å². The number of nitrogens with two attached hydrogens (primary N) is 2. The standard InChI is InChI=1S/C43H50N6O2.C2H5NO2.C2H6O.C2H6.CH3NO/c1-25(2)19-38(50)48-18-6-9-36(48)42-45-34-15-11-28-21-27(10-12-30(28)40(34)47-42)29-13-14-33(32-8-5-7-31(29)32)35-23-44-41(46-35)37-22-43(16-17-43)24-49(37)39(51)20-26(3)4;1-5-2(3)4;1-3-2;1-2;2-1-3/h10-15,21,23,25-26,36-37H,5-9,16-20,22,24H2,1-4H3,(H,44,46)(H,45,47);1H3,(H2,3,4);1-2H3;1-2H3;1H,(H2,2,3). The summed E-state index contributed by atoms with van der Waals surface area (Å²) in [5, 5.41) is 2.31. The third-order valence-electron chi connectivity index (χ3n) is 12.3. The number of rotatable bonds is 8. The molecule has 3 aromatic carbocycles. The van der Waals surface area contributed by atoms with Crippen molar-refractivity contribution >= 4 is 46.1 Å². The van der Waals surface area contributed by atoms with Crippen molar-refractivity contribution < 1.29 is 28.7 Å². The normalized spacial score (nSPS) is 17.7. The van der Waals surface area contributed by atoms with Gasteiger partial charge < -0.3 is 40.7 Å². The summed E-state index contributed by atoms with van der Waals surface area (Å²) in [6.07, 6.45) is 11.4. The number of imidazole rings is 2. The highest BCUT2D eigenvalue weighted by Crippen LogP contribution is 2.58. The first-order chi connectivity index (χ1) is 30.8. The van der Waals surface area contributed by atoms with E-state index in [0.717, 1.165) is 85.4 Å². The zero-order chi connectivity index (χ0) is 46.7. The molecule has 2 aliphatic heterocycles. The third kappa shape index (κ3) is 11.3. The number of aromatic nitrogens is 4. The number of benzene rings is 3. The topological polar surface area (TPSA) is 203 Å². The van der Waals surface area contributed by atoms with Gasteiger partial charge in [0.05, 0.1) is 42.1 Å². The Kier molecular flexibility index (Phi) is 17.1. The molecular formula is C50H70N8O6. The zero-order valence-electron chi connectivity index (χ0n) is 39.4. The highest BCUT2D eigenvalue weighted by molar-refractivity contribution is 6.05. The first kappa shape index (κ1) is 49.3. The maximum absolute atomic E-state index is 13.3. The number of hydrogen-bond donors (Lipinski definition) is 4. The van der Waals surface area contributed by atoms with E-state index in [4.69, 9.17) is 14.8 Å². The minimum atomic E-state index is -0.745. The Morgan fingerprint density at radius 2 is 1.47 bits per heavy atom. The van der Waals surface area contributed by atoms with Crippen LogP contribution < -0.4 is 11.5 Å². The summed E-state index contributed by atoms with van der Waals surface area (Å²) >= 11 is 0. The van der Waals surface area contributed by atoms with Crippen LogP contribution in [-0.4, -0.2) is 88.5 Å². The summed E-state index contributed by atoms with van der Waals surface area (Å²) in [5.41, 5.74) is 18.6. The van der Waals surface area contributed by atoms with Crippen molar-refractivity contribution in [2.24, 2.45) is 28.7 Å². The molecule has 2 unspecified atom stereocenters. The van der Waals surface area contributed by atoms with Crippen LogP contribution in [0.5, 0.6) is 0 Å². The van der Waals surface area contributed by atoms with Gasteiger partial charge in [-0.2, -0.15) is 0 Å². The molecule has 9 rings (SSSR count). The van der Waals surface area contributed by atoms with Crippen molar-refractivity contribution in [1.82, 2.24) is 29.7 Å². The number of likely N-dealkylation sites (tertiary alicyclic amines) is 2. The number of fused-ring (bicyclic) bond motifs is 4. The lowest BCUT2D eigenvalue weighted by molar-refractivity contribution is -0.134. The zero-order valence-corrected chi connectivity index (χ0v) is 39.4. The average molecular weight is 879 g/mol. The quantitative estimate of drug-likeness (QED) is 0.110. The fraction of sp³-hybridized carbons (Fsp3) is 0.520. The van der Waals surface area contributed by atoms with Crippen LogP contribution in [0.2, 0.25) is 0 Å². The number of hydrogen-bond acceptors (Lipinski definition) is 8. The van der Waals surface area contributed by atoms with Gasteiger partial charge in [0, 0.05) is 51.1 Å². The fourth-order valence-corrected chi connectivity index (χ4v) is 9.40. The molecule has 4 aliphatic rings. The number of H-pyrrole nitrogens is 2. The van der Waals surface area contributed by atoms with Crippen molar-refractivity contribution in [3.05, 3.63) is 71.4 Å². The largest absolute Gasteiger partial charge is 0.453 e. The van der Waals surface area contributed by atoms with Gasteiger partial charge >= 0.3 is 6.09 Å². The number of carbonyl (C=O) groups is 4. The second-order valence-electron chi connectivity index (χ2n) is 17.9. The second-order valence-corrected chi connectivity index (χ2v) is 17.9. The van der Waals surface area contributed by atoms with E-state index in [9.17, 15) is 14.4 Å². The van der Waals surface area contributed by atoms with E-state index in [1.54, 1.807) is 14.2 Å². The molecule has 2 aliphatic carbocycles. The van der Waals surface area contributed by atoms with Gasteiger partial charge in [-0.25, -0.2) is 14.8 Å². The van der Waals surface area contributed by atoms with E-state index in [-0.39, 0.29) is 30.3 Å². The predicted molar refractivity (Wildman–Crippen MR) is 253 cm³/mol. The minimum Gasteiger partial charge on any atom is -0.453 e. The maximum Gasteiger partial charge on any atom is 0.404 e. The van der Waals surface area contributed by atoms with Crippen LogP contribution in [0.4, 0.5) is 4.79 Å². The fourth-order valence-electron chi connectivity index (χ4n) is 9.40. The Hall–Kier alpha value is -5.76. The second kappa shape index (κ2) is 22.2. The van der Waals surface area contributed by atoms with E-state index in [1.165, 1.54) is 53.2 Å². The molecule has 6 N–H and O–H groups in total.